The first-order valence-electron chi connectivity index (χ1n) is 3.68. The molecule has 3 nitrogen and oxygen atoms in total. The first-order valence-corrected chi connectivity index (χ1v) is 3.68. The second kappa shape index (κ2) is 2.19. The molecule has 2 atom stereocenters. The van der Waals surface area contributed by atoms with E-state index in [1.807, 2.05) is 6.92 Å². The van der Waals surface area contributed by atoms with Crippen molar-refractivity contribution < 1.29 is 14.2 Å². The maximum absolute atomic E-state index is 5.56. The molecule has 2 aliphatic rings. The number of rotatable bonds is 0. The van der Waals surface area contributed by atoms with Crippen LogP contribution in [0.15, 0.2) is 0 Å². The van der Waals surface area contributed by atoms with Crippen LogP contribution in [0.1, 0.15) is 13.3 Å². The fourth-order valence-electron chi connectivity index (χ4n) is 1.38. The Kier molecular flexibility index (Phi) is 1.44. The highest BCUT2D eigenvalue weighted by atomic mass is 16.8. The van der Waals surface area contributed by atoms with E-state index in [9.17, 15) is 0 Å². The summed E-state index contributed by atoms with van der Waals surface area (Å²) in [5.41, 5.74) is 0. The van der Waals surface area contributed by atoms with Crippen molar-refractivity contribution in [1.82, 2.24) is 0 Å². The summed E-state index contributed by atoms with van der Waals surface area (Å²) in [6.45, 7) is 4.05. The van der Waals surface area contributed by atoms with E-state index in [1.54, 1.807) is 0 Å². The van der Waals surface area contributed by atoms with Gasteiger partial charge in [-0.1, -0.05) is 0 Å². The van der Waals surface area contributed by atoms with Gasteiger partial charge < -0.3 is 14.2 Å². The third kappa shape index (κ3) is 1.05. The van der Waals surface area contributed by atoms with Crippen molar-refractivity contribution in [3.05, 3.63) is 0 Å². The minimum atomic E-state index is -0.443. The summed E-state index contributed by atoms with van der Waals surface area (Å²) in [7, 11) is 0. The van der Waals surface area contributed by atoms with Crippen LogP contribution < -0.4 is 0 Å². The maximum atomic E-state index is 5.56. The van der Waals surface area contributed by atoms with E-state index < -0.39 is 5.79 Å². The van der Waals surface area contributed by atoms with Crippen molar-refractivity contribution in [3.63, 3.8) is 0 Å². The summed E-state index contributed by atoms with van der Waals surface area (Å²) in [6.07, 6.45) is 1.24. The molecule has 0 aliphatic carbocycles. The van der Waals surface area contributed by atoms with Gasteiger partial charge in [0.25, 0.3) is 0 Å². The van der Waals surface area contributed by atoms with E-state index in [1.165, 1.54) is 0 Å². The zero-order chi connectivity index (χ0) is 7.03. The smallest absolute Gasteiger partial charge is 0.189 e. The highest BCUT2D eigenvalue weighted by Crippen LogP contribution is 2.27. The van der Waals surface area contributed by atoms with Gasteiger partial charge in [-0.2, -0.15) is 0 Å². The van der Waals surface area contributed by atoms with Crippen LogP contribution in [-0.4, -0.2) is 31.7 Å². The van der Waals surface area contributed by atoms with Crippen molar-refractivity contribution in [2.75, 3.05) is 19.8 Å². The third-order valence-electron chi connectivity index (χ3n) is 1.94. The van der Waals surface area contributed by atoms with Crippen molar-refractivity contribution >= 4 is 0 Å². The summed E-state index contributed by atoms with van der Waals surface area (Å²) in [5, 5.41) is 0. The molecule has 58 valence electrons. The Balaban J connectivity index is 2.09. The van der Waals surface area contributed by atoms with Crippen molar-refractivity contribution in [2.24, 2.45) is 0 Å². The van der Waals surface area contributed by atoms with Gasteiger partial charge in [0, 0.05) is 6.61 Å². The SMILES string of the molecule is C[C@]12COCC[C@H](CO1)O2. The second-order valence-electron chi connectivity index (χ2n) is 3.03. The molecule has 0 saturated carbocycles. The van der Waals surface area contributed by atoms with Gasteiger partial charge in [0.1, 0.15) is 6.61 Å². The number of ether oxygens (including phenoxy) is 3. The minimum absolute atomic E-state index is 0.271. The molecule has 2 heterocycles. The fraction of sp³-hybridized carbons (Fsp3) is 1.00. The zero-order valence-electron chi connectivity index (χ0n) is 6.13. The molecule has 2 saturated heterocycles. The first-order chi connectivity index (χ1) is 4.79. The second-order valence-corrected chi connectivity index (χ2v) is 3.03. The summed E-state index contributed by atoms with van der Waals surface area (Å²) in [4.78, 5) is 0. The van der Waals surface area contributed by atoms with Gasteiger partial charge in [0.2, 0.25) is 0 Å². The van der Waals surface area contributed by atoms with E-state index in [0.717, 1.165) is 19.6 Å². The summed E-state index contributed by atoms with van der Waals surface area (Å²) < 4.78 is 16.2. The van der Waals surface area contributed by atoms with Gasteiger partial charge in [-0.15, -0.1) is 0 Å². The Bertz CT molecular complexity index is 135. The van der Waals surface area contributed by atoms with Crippen LogP contribution >= 0.6 is 0 Å². The highest BCUT2D eigenvalue weighted by Gasteiger charge is 2.39. The Labute approximate surface area is 60.3 Å². The van der Waals surface area contributed by atoms with Crippen LogP contribution in [0.25, 0.3) is 0 Å². The molecule has 10 heavy (non-hydrogen) atoms. The van der Waals surface area contributed by atoms with Gasteiger partial charge in [0.15, 0.2) is 5.79 Å². The lowest BCUT2D eigenvalue weighted by molar-refractivity contribution is -0.175. The first kappa shape index (κ1) is 6.58. The largest absolute Gasteiger partial charge is 0.376 e. The molecule has 2 rings (SSSR count). The van der Waals surface area contributed by atoms with Gasteiger partial charge in [0.05, 0.1) is 12.7 Å². The molecule has 2 bridgehead atoms. The lowest BCUT2D eigenvalue weighted by Gasteiger charge is -2.20. The predicted molar refractivity (Wildman–Crippen MR) is 34.7 cm³/mol. The molecule has 0 aromatic rings. The Morgan fingerprint density at radius 1 is 1.50 bits per heavy atom. The average molecular weight is 144 g/mol. The molecule has 0 aromatic heterocycles. The number of hydrogen-bond acceptors (Lipinski definition) is 3. The van der Waals surface area contributed by atoms with Crippen molar-refractivity contribution in [2.45, 2.75) is 25.2 Å². The molecular weight excluding hydrogens is 132 g/mol. The van der Waals surface area contributed by atoms with E-state index in [2.05, 4.69) is 0 Å². The van der Waals surface area contributed by atoms with Gasteiger partial charge in [-0.25, -0.2) is 0 Å². The van der Waals surface area contributed by atoms with E-state index in [4.69, 9.17) is 14.2 Å². The van der Waals surface area contributed by atoms with Gasteiger partial charge in [-0.05, 0) is 13.3 Å². The Morgan fingerprint density at radius 3 is 3.30 bits per heavy atom. The van der Waals surface area contributed by atoms with Crippen LogP contribution in [0.2, 0.25) is 0 Å². The number of fused-ring (bicyclic) bond motifs is 2. The van der Waals surface area contributed by atoms with E-state index in [-0.39, 0.29) is 6.10 Å². The van der Waals surface area contributed by atoms with Crippen molar-refractivity contribution in [3.8, 4) is 0 Å². The molecule has 0 radical (unpaired) electrons. The molecular formula is C7H12O3. The predicted octanol–water partition coefficient (Wildman–Crippen LogP) is 0.538. The molecule has 0 spiro atoms. The number of hydrogen-bond donors (Lipinski definition) is 0. The van der Waals surface area contributed by atoms with Crippen LogP contribution in [0, 0.1) is 0 Å². The fourth-order valence-corrected chi connectivity index (χ4v) is 1.38. The molecule has 0 N–H and O–H groups in total. The lowest BCUT2D eigenvalue weighted by atomic mass is 10.3. The highest BCUT2D eigenvalue weighted by molar-refractivity contribution is 4.77. The van der Waals surface area contributed by atoms with Crippen LogP contribution in [0.4, 0.5) is 0 Å². The topological polar surface area (TPSA) is 27.7 Å². The molecule has 2 fully saturated rings. The Morgan fingerprint density at radius 2 is 2.40 bits per heavy atom. The maximum Gasteiger partial charge on any atom is 0.189 e. The van der Waals surface area contributed by atoms with E-state index in [0.29, 0.717) is 6.61 Å². The van der Waals surface area contributed by atoms with Crippen LogP contribution in [-0.2, 0) is 14.2 Å². The summed E-state index contributed by atoms with van der Waals surface area (Å²) in [6, 6.07) is 0. The minimum Gasteiger partial charge on any atom is -0.376 e. The zero-order valence-corrected chi connectivity index (χ0v) is 6.13. The van der Waals surface area contributed by atoms with Crippen LogP contribution in [0.5, 0.6) is 0 Å². The monoisotopic (exact) mass is 144 g/mol. The van der Waals surface area contributed by atoms with Crippen molar-refractivity contribution in [1.29, 1.82) is 0 Å². The average Bonchev–Trinajstić information content (AvgIpc) is 2.11. The molecule has 3 heteroatoms. The third-order valence-corrected chi connectivity index (χ3v) is 1.94. The molecule has 0 amide bonds. The summed E-state index contributed by atoms with van der Waals surface area (Å²) >= 11 is 0. The normalized spacial score (nSPS) is 47.1. The quantitative estimate of drug-likeness (QED) is 0.496. The summed E-state index contributed by atoms with van der Waals surface area (Å²) in [5.74, 6) is -0.443. The van der Waals surface area contributed by atoms with Crippen LogP contribution in [0.3, 0.4) is 0 Å². The molecule has 0 unspecified atom stereocenters. The van der Waals surface area contributed by atoms with Gasteiger partial charge >= 0.3 is 0 Å². The molecule has 2 aliphatic heterocycles. The lowest BCUT2D eigenvalue weighted by Crippen LogP contribution is -2.31. The molecule has 0 aromatic carbocycles. The van der Waals surface area contributed by atoms with E-state index >= 15 is 0 Å². The standard InChI is InChI=1S/C7H12O3/c1-7-5-8-3-2-6(10-7)4-9-7/h6H,2-5H2,1H3/t6-,7+/m1/s1. The van der Waals surface area contributed by atoms with Gasteiger partial charge in [-0.3, -0.25) is 0 Å². The Hall–Kier alpha value is -0.120.